The second-order valence-corrected chi connectivity index (χ2v) is 7.67. The summed E-state index contributed by atoms with van der Waals surface area (Å²) in [6.07, 6.45) is 3.26. The molecule has 1 aliphatic heterocycles. The summed E-state index contributed by atoms with van der Waals surface area (Å²) in [7, 11) is 0. The third-order valence-electron chi connectivity index (χ3n) is 5.37. The first kappa shape index (κ1) is 19.4. The first-order chi connectivity index (χ1) is 13.0. The van der Waals surface area contributed by atoms with Gasteiger partial charge in [0.15, 0.2) is 0 Å². The Morgan fingerprint density at radius 3 is 2.67 bits per heavy atom. The summed E-state index contributed by atoms with van der Waals surface area (Å²) in [6.45, 7) is 6.52. The molecule has 2 aromatic carbocycles. The van der Waals surface area contributed by atoms with Crippen LogP contribution in [0.25, 0.3) is 0 Å². The zero-order valence-electron chi connectivity index (χ0n) is 16.2. The molecule has 144 valence electrons. The van der Waals surface area contributed by atoms with Gasteiger partial charge < -0.3 is 10.2 Å². The quantitative estimate of drug-likeness (QED) is 0.789. The predicted octanol–water partition coefficient (Wildman–Crippen LogP) is 4.87. The number of hydrogen-bond donors (Lipinski definition) is 1. The lowest BCUT2D eigenvalue weighted by molar-refractivity contribution is -0.121. The molecule has 2 aromatic rings. The first-order valence-electron chi connectivity index (χ1n) is 9.90. The minimum Gasteiger partial charge on any atom is -0.371 e. The van der Waals surface area contributed by atoms with E-state index >= 15 is 0 Å². The first-order valence-corrected chi connectivity index (χ1v) is 9.90. The van der Waals surface area contributed by atoms with Crippen molar-refractivity contribution in [3.05, 3.63) is 65.5 Å². The average molecular weight is 368 g/mol. The van der Waals surface area contributed by atoms with Gasteiger partial charge in [0.2, 0.25) is 5.91 Å². The maximum absolute atomic E-state index is 13.6. The van der Waals surface area contributed by atoms with Gasteiger partial charge in [-0.1, -0.05) is 37.3 Å². The number of aryl methyl sites for hydroxylation is 1. The van der Waals surface area contributed by atoms with Gasteiger partial charge in [0.1, 0.15) is 5.82 Å². The van der Waals surface area contributed by atoms with Gasteiger partial charge >= 0.3 is 0 Å². The molecule has 2 atom stereocenters. The van der Waals surface area contributed by atoms with Gasteiger partial charge in [-0.3, -0.25) is 4.79 Å². The van der Waals surface area contributed by atoms with Crippen molar-refractivity contribution in [3.63, 3.8) is 0 Å². The standard InChI is InChI=1S/C23H29FN2O/c1-17-6-5-15-26(16-17)21-12-9-19(10-13-21)18(2)25-23(27)14-11-20-7-3-4-8-22(20)24/h3-4,7-10,12-13,17-18H,5-6,11,14-16H2,1-2H3,(H,25,27)/t17-,18-/m1/s1. The molecule has 3 rings (SSSR count). The Labute approximate surface area is 161 Å². The van der Waals surface area contributed by atoms with Gasteiger partial charge in [-0.15, -0.1) is 0 Å². The fourth-order valence-corrected chi connectivity index (χ4v) is 3.74. The largest absolute Gasteiger partial charge is 0.371 e. The number of benzene rings is 2. The molecule has 1 saturated heterocycles. The summed E-state index contributed by atoms with van der Waals surface area (Å²) in [5, 5.41) is 3.02. The predicted molar refractivity (Wildman–Crippen MR) is 108 cm³/mol. The van der Waals surface area contributed by atoms with E-state index < -0.39 is 0 Å². The SMILES string of the molecule is C[C@@H]1CCCN(c2ccc([C@@H](C)NC(=O)CCc3ccccc3F)cc2)C1. The van der Waals surface area contributed by atoms with Gasteiger partial charge in [-0.2, -0.15) is 0 Å². The molecule has 1 N–H and O–H groups in total. The Kier molecular flexibility index (Phi) is 6.49. The minimum atomic E-state index is -0.249. The van der Waals surface area contributed by atoms with Crippen molar-refractivity contribution >= 4 is 11.6 Å². The summed E-state index contributed by atoms with van der Waals surface area (Å²) >= 11 is 0. The Balaban J connectivity index is 1.52. The fraction of sp³-hybridized carbons (Fsp3) is 0.435. The summed E-state index contributed by atoms with van der Waals surface area (Å²) in [6, 6.07) is 15.0. The lowest BCUT2D eigenvalue weighted by Crippen LogP contribution is -2.34. The molecular weight excluding hydrogens is 339 g/mol. The Bertz CT molecular complexity index is 759. The van der Waals surface area contributed by atoms with E-state index in [1.807, 2.05) is 6.92 Å². The van der Waals surface area contributed by atoms with Crippen molar-refractivity contribution in [2.24, 2.45) is 5.92 Å². The van der Waals surface area contributed by atoms with Crippen LogP contribution in [0.15, 0.2) is 48.5 Å². The molecule has 1 fully saturated rings. The summed E-state index contributed by atoms with van der Waals surface area (Å²) in [4.78, 5) is 14.7. The van der Waals surface area contributed by atoms with E-state index in [2.05, 4.69) is 41.4 Å². The van der Waals surface area contributed by atoms with Gasteiger partial charge in [0, 0.05) is 25.2 Å². The van der Waals surface area contributed by atoms with E-state index in [4.69, 9.17) is 0 Å². The van der Waals surface area contributed by atoms with Crippen LogP contribution < -0.4 is 10.2 Å². The molecule has 1 amide bonds. The van der Waals surface area contributed by atoms with E-state index in [9.17, 15) is 9.18 Å². The van der Waals surface area contributed by atoms with Gasteiger partial charge in [-0.05, 0) is 61.4 Å². The number of hydrogen-bond acceptors (Lipinski definition) is 2. The molecule has 4 heteroatoms. The summed E-state index contributed by atoms with van der Waals surface area (Å²) < 4.78 is 13.6. The number of nitrogens with one attached hydrogen (secondary N) is 1. The molecule has 3 nitrogen and oxygen atoms in total. The Morgan fingerprint density at radius 2 is 1.96 bits per heavy atom. The van der Waals surface area contributed by atoms with E-state index in [0.29, 0.717) is 12.0 Å². The van der Waals surface area contributed by atoms with Crippen LogP contribution in [0.1, 0.15) is 50.3 Å². The van der Waals surface area contributed by atoms with Gasteiger partial charge in [0.25, 0.3) is 0 Å². The smallest absolute Gasteiger partial charge is 0.220 e. The number of amides is 1. The summed E-state index contributed by atoms with van der Waals surface area (Å²) in [5.74, 6) is 0.437. The molecular formula is C23H29FN2O. The van der Waals surface area contributed by atoms with Crippen molar-refractivity contribution < 1.29 is 9.18 Å². The maximum atomic E-state index is 13.6. The number of carbonyl (C=O) groups is 1. The minimum absolute atomic E-state index is 0.0558. The molecule has 1 heterocycles. The van der Waals surface area contributed by atoms with E-state index in [1.165, 1.54) is 24.6 Å². The highest BCUT2D eigenvalue weighted by atomic mass is 19.1. The topological polar surface area (TPSA) is 32.3 Å². The van der Waals surface area contributed by atoms with Crippen molar-refractivity contribution in [3.8, 4) is 0 Å². The number of piperidine rings is 1. The zero-order valence-corrected chi connectivity index (χ0v) is 16.2. The Morgan fingerprint density at radius 1 is 1.22 bits per heavy atom. The second-order valence-electron chi connectivity index (χ2n) is 7.67. The highest BCUT2D eigenvalue weighted by molar-refractivity contribution is 5.76. The van der Waals surface area contributed by atoms with Crippen LogP contribution >= 0.6 is 0 Å². The average Bonchev–Trinajstić information content (AvgIpc) is 2.67. The monoisotopic (exact) mass is 368 g/mol. The van der Waals surface area contributed by atoms with Crippen molar-refractivity contribution in [1.82, 2.24) is 5.32 Å². The Hall–Kier alpha value is -2.36. The molecule has 0 unspecified atom stereocenters. The van der Waals surface area contributed by atoms with Crippen molar-refractivity contribution in [2.75, 3.05) is 18.0 Å². The highest BCUT2D eigenvalue weighted by Crippen LogP contribution is 2.24. The lowest BCUT2D eigenvalue weighted by atomic mass is 9.99. The van der Waals surface area contributed by atoms with Crippen LogP contribution in [0.5, 0.6) is 0 Å². The maximum Gasteiger partial charge on any atom is 0.220 e. The second kappa shape index (κ2) is 9.03. The number of carbonyl (C=O) groups excluding carboxylic acids is 1. The number of rotatable bonds is 6. The summed E-state index contributed by atoms with van der Waals surface area (Å²) in [5.41, 5.74) is 2.92. The third kappa shape index (κ3) is 5.31. The number of anilines is 1. The van der Waals surface area contributed by atoms with Crippen molar-refractivity contribution in [2.45, 2.75) is 45.6 Å². The lowest BCUT2D eigenvalue weighted by Gasteiger charge is -2.33. The van der Waals surface area contributed by atoms with E-state index in [1.54, 1.807) is 18.2 Å². The van der Waals surface area contributed by atoms with Crippen LogP contribution in [-0.2, 0) is 11.2 Å². The third-order valence-corrected chi connectivity index (χ3v) is 5.37. The van der Waals surface area contributed by atoms with Crippen LogP contribution in [-0.4, -0.2) is 19.0 Å². The van der Waals surface area contributed by atoms with Gasteiger partial charge in [0.05, 0.1) is 6.04 Å². The normalized spacial score (nSPS) is 18.2. The molecule has 0 bridgehead atoms. The van der Waals surface area contributed by atoms with E-state index in [0.717, 1.165) is 24.6 Å². The molecule has 0 radical (unpaired) electrons. The number of nitrogens with zero attached hydrogens (tertiary/aromatic N) is 1. The van der Waals surface area contributed by atoms with Crippen LogP contribution in [0.3, 0.4) is 0 Å². The van der Waals surface area contributed by atoms with Crippen molar-refractivity contribution in [1.29, 1.82) is 0 Å². The molecule has 0 aromatic heterocycles. The zero-order chi connectivity index (χ0) is 19.2. The number of halogens is 1. The molecule has 0 aliphatic carbocycles. The van der Waals surface area contributed by atoms with Gasteiger partial charge in [-0.25, -0.2) is 4.39 Å². The molecule has 27 heavy (non-hydrogen) atoms. The van der Waals surface area contributed by atoms with Crippen LogP contribution in [0, 0.1) is 11.7 Å². The fourth-order valence-electron chi connectivity index (χ4n) is 3.74. The molecule has 0 spiro atoms. The molecule has 1 aliphatic rings. The van der Waals surface area contributed by atoms with Crippen LogP contribution in [0.4, 0.5) is 10.1 Å². The highest BCUT2D eigenvalue weighted by Gasteiger charge is 2.17. The van der Waals surface area contributed by atoms with Crippen LogP contribution in [0.2, 0.25) is 0 Å². The van der Waals surface area contributed by atoms with E-state index in [-0.39, 0.29) is 24.2 Å². The molecule has 0 saturated carbocycles.